The van der Waals surface area contributed by atoms with Crippen LogP contribution in [0.3, 0.4) is 0 Å². The van der Waals surface area contributed by atoms with Gasteiger partial charge in [-0.25, -0.2) is 0 Å². The largest absolute Gasteiger partial charge is 0.496 e. The van der Waals surface area contributed by atoms with Crippen molar-refractivity contribution in [1.29, 1.82) is 0 Å². The van der Waals surface area contributed by atoms with Crippen LogP contribution in [0.25, 0.3) is 0 Å². The van der Waals surface area contributed by atoms with E-state index in [2.05, 4.69) is 15.9 Å². The number of benzene rings is 2. The smallest absolute Gasteiger partial charge is 0.125 e. The quantitative estimate of drug-likeness (QED) is 0.829. The van der Waals surface area contributed by atoms with E-state index in [1.54, 1.807) is 13.2 Å². The minimum Gasteiger partial charge on any atom is -0.496 e. The molecule has 2 N–H and O–H groups in total. The molecule has 0 aliphatic heterocycles. The number of rotatable bonds is 5. The lowest BCUT2D eigenvalue weighted by Crippen LogP contribution is -2.08. The lowest BCUT2D eigenvalue weighted by molar-refractivity contribution is 0.292. The summed E-state index contributed by atoms with van der Waals surface area (Å²) in [6.07, 6.45) is 0. The Morgan fingerprint density at radius 2 is 1.95 bits per heavy atom. The van der Waals surface area contributed by atoms with Gasteiger partial charge in [0, 0.05) is 26.7 Å². The van der Waals surface area contributed by atoms with Crippen LogP contribution in [0.15, 0.2) is 40.9 Å². The SMILES string of the molecule is COc1ccc(Cl)cc1COc1cc(Br)ccc1[C@@H](C)N. The van der Waals surface area contributed by atoms with Crippen molar-refractivity contribution in [2.75, 3.05) is 7.11 Å². The van der Waals surface area contributed by atoms with Gasteiger partial charge in [-0.15, -0.1) is 0 Å². The van der Waals surface area contributed by atoms with E-state index in [4.69, 9.17) is 26.8 Å². The number of methoxy groups -OCH3 is 1. The number of hydrogen-bond acceptors (Lipinski definition) is 3. The van der Waals surface area contributed by atoms with Gasteiger partial charge in [-0.05, 0) is 37.3 Å². The van der Waals surface area contributed by atoms with Crippen LogP contribution in [0.2, 0.25) is 5.02 Å². The Balaban J connectivity index is 2.24. The molecule has 0 aromatic heterocycles. The van der Waals surface area contributed by atoms with Crippen molar-refractivity contribution in [1.82, 2.24) is 0 Å². The van der Waals surface area contributed by atoms with Gasteiger partial charge in [0.05, 0.1) is 7.11 Å². The highest BCUT2D eigenvalue weighted by Gasteiger charge is 2.11. The molecule has 2 aromatic carbocycles. The Labute approximate surface area is 138 Å². The molecule has 0 bridgehead atoms. The highest BCUT2D eigenvalue weighted by molar-refractivity contribution is 9.10. The Kier molecular flexibility index (Phi) is 5.51. The second-order valence-electron chi connectivity index (χ2n) is 4.72. The maximum absolute atomic E-state index is 6.02. The molecule has 0 fully saturated rings. The lowest BCUT2D eigenvalue weighted by Gasteiger charge is -2.16. The van der Waals surface area contributed by atoms with Crippen molar-refractivity contribution in [3.63, 3.8) is 0 Å². The normalized spacial score (nSPS) is 12.0. The second kappa shape index (κ2) is 7.16. The van der Waals surface area contributed by atoms with Crippen molar-refractivity contribution in [2.24, 2.45) is 5.73 Å². The van der Waals surface area contributed by atoms with Crippen molar-refractivity contribution >= 4 is 27.5 Å². The molecule has 3 nitrogen and oxygen atoms in total. The standard InChI is InChI=1S/C16H17BrClNO2/c1-10(19)14-5-3-12(17)8-16(14)21-9-11-7-13(18)4-6-15(11)20-2/h3-8,10H,9,19H2,1-2H3/t10-/m1/s1. The summed E-state index contributed by atoms with van der Waals surface area (Å²) in [5, 5.41) is 0.649. The van der Waals surface area contributed by atoms with Crippen molar-refractivity contribution < 1.29 is 9.47 Å². The van der Waals surface area contributed by atoms with Gasteiger partial charge in [-0.1, -0.05) is 33.6 Å². The first-order chi connectivity index (χ1) is 10.0. The summed E-state index contributed by atoms with van der Waals surface area (Å²) in [6.45, 7) is 2.29. The van der Waals surface area contributed by atoms with Crippen LogP contribution in [-0.4, -0.2) is 7.11 Å². The molecular weight excluding hydrogens is 354 g/mol. The first kappa shape index (κ1) is 16.1. The average Bonchev–Trinajstić information content (AvgIpc) is 2.45. The third kappa shape index (κ3) is 4.13. The average molecular weight is 371 g/mol. The zero-order valence-corrected chi connectivity index (χ0v) is 14.2. The molecule has 0 spiro atoms. The van der Waals surface area contributed by atoms with Gasteiger partial charge >= 0.3 is 0 Å². The lowest BCUT2D eigenvalue weighted by atomic mass is 10.1. The van der Waals surface area contributed by atoms with Gasteiger partial charge in [-0.2, -0.15) is 0 Å². The molecule has 112 valence electrons. The Bertz CT molecular complexity index is 632. The molecule has 0 amide bonds. The monoisotopic (exact) mass is 369 g/mol. The predicted octanol–water partition coefficient (Wildman–Crippen LogP) is 4.71. The van der Waals surface area contributed by atoms with Crippen LogP contribution in [0.5, 0.6) is 11.5 Å². The van der Waals surface area contributed by atoms with E-state index in [0.717, 1.165) is 27.1 Å². The zero-order chi connectivity index (χ0) is 15.4. The van der Waals surface area contributed by atoms with Crippen LogP contribution < -0.4 is 15.2 Å². The maximum Gasteiger partial charge on any atom is 0.125 e. The molecule has 2 rings (SSSR count). The molecule has 0 heterocycles. The Hall–Kier alpha value is -1.23. The van der Waals surface area contributed by atoms with E-state index in [0.29, 0.717) is 11.6 Å². The van der Waals surface area contributed by atoms with Gasteiger partial charge in [0.2, 0.25) is 0 Å². The summed E-state index contributed by atoms with van der Waals surface area (Å²) in [4.78, 5) is 0. The van der Waals surface area contributed by atoms with E-state index in [1.165, 1.54) is 0 Å². The zero-order valence-electron chi connectivity index (χ0n) is 11.9. The van der Waals surface area contributed by atoms with Crippen LogP contribution >= 0.6 is 27.5 Å². The molecule has 0 radical (unpaired) electrons. The van der Waals surface area contributed by atoms with E-state index in [9.17, 15) is 0 Å². The van der Waals surface area contributed by atoms with E-state index >= 15 is 0 Å². The molecule has 0 saturated heterocycles. The molecule has 1 atom stereocenters. The first-order valence-electron chi connectivity index (χ1n) is 6.51. The second-order valence-corrected chi connectivity index (χ2v) is 6.07. The van der Waals surface area contributed by atoms with Crippen molar-refractivity contribution in [2.45, 2.75) is 19.6 Å². The summed E-state index contributed by atoms with van der Waals surface area (Å²) in [5.41, 5.74) is 7.82. The molecule has 5 heteroatoms. The summed E-state index contributed by atoms with van der Waals surface area (Å²) >= 11 is 9.47. The minimum atomic E-state index is -0.102. The van der Waals surface area contributed by atoms with Crippen molar-refractivity contribution in [3.8, 4) is 11.5 Å². The predicted molar refractivity (Wildman–Crippen MR) is 89.1 cm³/mol. The van der Waals surface area contributed by atoms with E-state index in [1.807, 2.05) is 37.3 Å². The van der Waals surface area contributed by atoms with Crippen LogP contribution in [0, 0.1) is 0 Å². The number of ether oxygens (including phenoxy) is 2. The number of hydrogen-bond donors (Lipinski definition) is 1. The molecule has 0 aliphatic carbocycles. The van der Waals surface area contributed by atoms with Crippen LogP contribution in [0.4, 0.5) is 0 Å². The highest BCUT2D eigenvalue weighted by atomic mass is 79.9. The number of nitrogens with two attached hydrogens (primary N) is 1. The Morgan fingerprint density at radius 3 is 2.62 bits per heavy atom. The molecular formula is C16H17BrClNO2. The third-order valence-corrected chi connectivity index (χ3v) is 3.82. The van der Waals surface area contributed by atoms with Crippen LogP contribution in [-0.2, 0) is 6.61 Å². The molecule has 0 unspecified atom stereocenters. The van der Waals surface area contributed by atoms with Gasteiger partial charge in [0.15, 0.2) is 0 Å². The van der Waals surface area contributed by atoms with Gasteiger partial charge in [-0.3, -0.25) is 0 Å². The molecule has 0 saturated carbocycles. The van der Waals surface area contributed by atoms with Gasteiger partial charge in [0.1, 0.15) is 18.1 Å². The molecule has 2 aromatic rings. The summed E-state index contributed by atoms with van der Waals surface area (Å²) in [6, 6.07) is 11.2. The summed E-state index contributed by atoms with van der Waals surface area (Å²) in [7, 11) is 1.62. The third-order valence-electron chi connectivity index (χ3n) is 3.09. The highest BCUT2D eigenvalue weighted by Crippen LogP contribution is 2.30. The fourth-order valence-electron chi connectivity index (χ4n) is 2.02. The Morgan fingerprint density at radius 1 is 1.19 bits per heavy atom. The van der Waals surface area contributed by atoms with Gasteiger partial charge in [0.25, 0.3) is 0 Å². The maximum atomic E-state index is 6.02. The van der Waals surface area contributed by atoms with Crippen LogP contribution in [0.1, 0.15) is 24.1 Å². The van der Waals surface area contributed by atoms with E-state index < -0.39 is 0 Å². The molecule has 0 aliphatic rings. The summed E-state index contributed by atoms with van der Waals surface area (Å²) in [5.74, 6) is 1.50. The topological polar surface area (TPSA) is 44.5 Å². The van der Waals surface area contributed by atoms with Crippen molar-refractivity contribution in [3.05, 3.63) is 57.0 Å². The fourth-order valence-corrected chi connectivity index (χ4v) is 2.56. The molecule has 21 heavy (non-hydrogen) atoms. The van der Waals surface area contributed by atoms with Gasteiger partial charge < -0.3 is 15.2 Å². The summed E-state index contributed by atoms with van der Waals surface area (Å²) < 4.78 is 12.2. The first-order valence-corrected chi connectivity index (χ1v) is 7.68. The minimum absolute atomic E-state index is 0.102. The number of halogens is 2. The fraction of sp³-hybridized carbons (Fsp3) is 0.250. The van der Waals surface area contributed by atoms with E-state index in [-0.39, 0.29) is 6.04 Å².